The van der Waals surface area contributed by atoms with Crippen LogP contribution in [0.25, 0.3) is 0 Å². The molecule has 1 aromatic carbocycles. The molecule has 5 nitrogen and oxygen atoms in total. The Bertz CT molecular complexity index is 690. The van der Waals surface area contributed by atoms with E-state index in [1.165, 1.54) is 24.8 Å². The van der Waals surface area contributed by atoms with Crippen molar-refractivity contribution in [2.45, 2.75) is 64.3 Å². The fourth-order valence-corrected chi connectivity index (χ4v) is 3.76. The summed E-state index contributed by atoms with van der Waals surface area (Å²) in [5.74, 6) is -0.990. The zero-order chi connectivity index (χ0) is 18.7. The second-order valence-corrected chi connectivity index (χ2v) is 10.7. The SMILES string of the molecule is CC1CCCCN1Cc1ccc(NC(=O)CS(=O)(=O)C(C)(C)C)cc1. The Morgan fingerprint density at radius 3 is 2.40 bits per heavy atom. The number of sulfone groups is 1. The molecule has 0 aromatic heterocycles. The molecule has 1 atom stereocenters. The van der Waals surface area contributed by atoms with Gasteiger partial charge in [0.2, 0.25) is 5.91 Å². The Labute approximate surface area is 151 Å². The summed E-state index contributed by atoms with van der Waals surface area (Å²) < 4.78 is 23.3. The molecule has 1 N–H and O–H groups in total. The number of carbonyl (C=O) groups excluding carboxylic acids is 1. The lowest BCUT2D eigenvalue weighted by Crippen LogP contribution is -2.36. The molecule has 0 saturated carbocycles. The van der Waals surface area contributed by atoms with Gasteiger partial charge in [-0.05, 0) is 64.8 Å². The summed E-state index contributed by atoms with van der Waals surface area (Å²) in [5, 5.41) is 2.68. The van der Waals surface area contributed by atoms with Gasteiger partial charge in [-0.25, -0.2) is 8.42 Å². The number of amides is 1. The van der Waals surface area contributed by atoms with E-state index in [1.807, 2.05) is 24.3 Å². The molecule has 25 heavy (non-hydrogen) atoms. The summed E-state index contributed by atoms with van der Waals surface area (Å²) in [6.07, 6.45) is 3.80. The third kappa shape index (κ3) is 5.54. The van der Waals surface area contributed by atoms with Crippen LogP contribution in [0, 0.1) is 0 Å². The lowest BCUT2D eigenvalue weighted by atomic mass is 10.0. The number of carbonyl (C=O) groups is 1. The average Bonchev–Trinajstić information content (AvgIpc) is 2.50. The summed E-state index contributed by atoms with van der Waals surface area (Å²) in [7, 11) is -3.47. The van der Waals surface area contributed by atoms with Gasteiger partial charge in [0.05, 0.1) is 4.75 Å². The molecule has 6 heteroatoms. The lowest BCUT2D eigenvalue weighted by molar-refractivity contribution is -0.113. The van der Waals surface area contributed by atoms with E-state index in [0.29, 0.717) is 11.7 Å². The van der Waals surface area contributed by atoms with Crippen LogP contribution < -0.4 is 5.32 Å². The fraction of sp³-hybridized carbons (Fsp3) is 0.632. The number of nitrogens with one attached hydrogen (secondary N) is 1. The summed E-state index contributed by atoms with van der Waals surface area (Å²) >= 11 is 0. The Hall–Kier alpha value is -1.40. The summed E-state index contributed by atoms with van der Waals surface area (Å²) in [6, 6.07) is 8.28. The van der Waals surface area contributed by atoms with Crippen molar-refractivity contribution in [1.29, 1.82) is 0 Å². The highest BCUT2D eigenvalue weighted by molar-refractivity contribution is 7.93. The number of piperidine rings is 1. The molecule has 1 aliphatic rings. The number of benzene rings is 1. The van der Waals surface area contributed by atoms with Gasteiger partial charge in [-0.3, -0.25) is 9.69 Å². The number of anilines is 1. The van der Waals surface area contributed by atoms with Gasteiger partial charge < -0.3 is 5.32 Å². The molecule has 0 radical (unpaired) electrons. The number of likely N-dealkylation sites (tertiary alicyclic amines) is 1. The van der Waals surface area contributed by atoms with Crippen LogP contribution in [0.1, 0.15) is 52.5 Å². The minimum Gasteiger partial charge on any atom is -0.325 e. The van der Waals surface area contributed by atoms with Crippen LogP contribution >= 0.6 is 0 Å². The fourth-order valence-electron chi connectivity index (χ4n) is 2.91. The Kier molecular flexibility index (Phi) is 6.27. The van der Waals surface area contributed by atoms with Crippen LogP contribution in [0.5, 0.6) is 0 Å². The van der Waals surface area contributed by atoms with E-state index in [9.17, 15) is 13.2 Å². The number of hydrogen-bond donors (Lipinski definition) is 1. The van der Waals surface area contributed by atoms with Crippen molar-refractivity contribution in [2.75, 3.05) is 17.6 Å². The van der Waals surface area contributed by atoms with Gasteiger partial charge in [-0.1, -0.05) is 18.6 Å². The van der Waals surface area contributed by atoms with Gasteiger partial charge in [-0.15, -0.1) is 0 Å². The predicted molar refractivity (Wildman–Crippen MR) is 102 cm³/mol. The topological polar surface area (TPSA) is 66.5 Å². The minimum absolute atomic E-state index is 0.493. The van der Waals surface area contributed by atoms with Crippen molar-refractivity contribution in [3.05, 3.63) is 29.8 Å². The molecule has 1 unspecified atom stereocenters. The molecular formula is C19H30N2O3S. The van der Waals surface area contributed by atoms with Gasteiger partial charge in [0.25, 0.3) is 0 Å². The zero-order valence-electron chi connectivity index (χ0n) is 15.7. The second-order valence-electron chi connectivity index (χ2n) is 7.93. The lowest BCUT2D eigenvalue weighted by Gasteiger charge is -2.33. The first-order valence-electron chi connectivity index (χ1n) is 8.93. The molecule has 1 fully saturated rings. The van der Waals surface area contributed by atoms with Gasteiger partial charge in [0.1, 0.15) is 5.75 Å². The van der Waals surface area contributed by atoms with E-state index < -0.39 is 26.2 Å². The van der Waals surface area contributed by atoms with Crippen molar-refractivity contribution >= 4 is 21.4 Å². The van der Waals surface area contributed by atoms with Gasteiger partial charge in [0.15, 0.2) is 9.84 Å². The minimum atomic E-state index is -3.47. The maximum atomic E-state index is 12.1. The van der Waals surface area contributed by atoms with Crippen LogP contribution in [0.3, 0.4) is 0 Å². The number of hydrogen-bond acceptors (Lipinski definition) is 4. The highest BCUT2D eigenvalue weighted by atomic mass is 32.2. The first-order valence-corrected chi connectivity index (χ1v) is 10.6. The van der Waals surface area contributed by atoms with E-state index in [-0.39, 0.29) is 0 Å². The first-order chi connectivity index (χ1) is 11.6. The molecule has 1 heterocycles. The van der Waals surface area contributed by atoms with E-state index in [2.05, 4.69) is 17.1 Å². The second kappa shape index (κ2) is 7.87. The molecule has 0 spiro atoms. The van der Waals surface area contributed by atoms with Gasteiger partial charge >= 0.3 is 0 Å². The molecule has 1 aliphatic heterocycles. The molecule has 1 saturated heterocycles. The Morgan fingerprint density at radius 2 is 1.84 bits per heavy atom. The molecular weight excluding hydrogens is 336 g/mol. The molecule has 140 valence electrons. The highest BCUT2D eigenvalue weighted by Crippen LogP contribution is 2.20. The van der Waals surface area contributed by atoms with Crippen LogP contribution in [0.2, 0.25) is 0 Å². The third-order valence-electron chi connectivity index (χ3n) is 4.82. The first kappa shape index (κ1) is 19.9. The predicted octanol–water partition coefficient (Wildman–Crippen LogP) is 3.21. The van der Waals surface area contributed by atoms with Crippen molar-refractivity contribution in [3.63, 3.8) is 0 Å². The average molecular weight is 367 g/mol. The van der Waals surface area contributed by atoms with Crippen LogP contribution in [0.4, 0.5) is 5.69 Å². The molecule has 0 bridgehead atoms. The van der Waals surface area contributed by atoms with Crippen LogP contribution in [-0.4, -0.2) is 42.3 Å². The third-order valence-corrected chi connectivity index (χ3v) is 7.33. The summed E-state index contributed by atoms with van der Waals surface area (Å²) in [5.41, 5.74) is 1.83. The van der Waals surface area contributed by atoms with Gasteiger partial charge in [-0.2, -0.15) is 0 Å². The summed E-state index contributed by atoms with van der Waals surface area (Å²) in [4.78, 5) is 14.5. The Morgan fingerprint density at radius 1 is 1.20 bits per heavy atom. The maximum absolute atomic E-state index is 12.1. The van der Waals surface area contributed by atoms with Crippen molar-refractivity contribution in [3.8, 4) is 0 Å². The van der Waals surface area contributed by atoms with Crippen LogP contribution in [-0.2, 0) is 21.2 Å². The van der Waals surface area contributed by atoms with Crippen molar-refractivity contribution in [2.24, 2.45) is 0 Å². The van der Waals surface area contributed by atoms with E-state index in [0.717, 1.165) is 13.1 Å². The van der Waals surface area contributed by atoms with Crippen molar-refractivity contribution < 1.29 is 13.2 Å². The maximum Gasteiger partial charge on any atom is 0.239 e. The zero-order valence-corrected chi connectivity index (χ0v) is 16.5. The summed E-state index contributed by atoms with van der Waals surface area (Å²) in [6.45, 7) is 9.12. The molecule has 0 aliphatic carbocycles. The molecule has 1 amide bonds. The van der Waals surface area contributed by atoms with Crippen LogP contribution in [0.15, 0.2) is 24.3 Å². The standard InChI is InChI=1S/C19H30N2O3S/c1-15-7-5-6-12-21(15)13-16-8-10-17(11-9-16)20-18(22)14-25(23,24)19(2,3)4/h8-11,15H,5-7,12-14H2,1-4H3,(H,20,22). The van der Waals surface area contributed by atoms with Crippen molar-refractivity contribution in [1.82, 2.24) is 4.90 Å². The Balaban J connectivity index is 1.93. The normalized spacial score (nSPS) is 19.6. The highest BCUT2D eigenvalue weighted by Gasteiger charge is 2.31. The molecule has 2 rings (SSSR count). The monoisotopic (exact) mass is 366 g/mol. The van der Waals surface area contributed by atoms with Gasteiger partial charge in [0, 0.05) is 18.3 Å². The quantitative estimate of drug-likeness (QED) is 0.869. The van der Waals surface area contributed by atoms with E-state index in [4.69, 9.17) is 0 Å². The number of nitrogens with zero attached hydrogens (tertiary/aromatic N) is 1. The number of rotatable bonds is 5. The van der Waals surface area contributed by atoms with E-state index >= 15 is 0 Å². The van der Waals surface area contributed by atoms with E-state index in [1.54, 1.807) is 20.8 Å². The largest absolute Gasteiger partial charge is 0.325 e. The molecule has 1 aromatic rings. The smallest absolute Gasteiger partial charge is 0.239 e.